The lowest BCUT2D eigenvalue weighted by atomic mass is 9.97. The first-order valence-electron chi connectivity index (χ1n) is 15.4. The van der Waals surface area contributed by atoms with E-state index in [0.29, 0.717) is 41.1 Å². The largest absolute Gasteiger partial charge is 0.370 e. The summed E-state index contributed by atoms with van der Waals surface area (Å²) in [4.78, 5) is 20.5. The molecule has 0 aliphatic rings. The van der Waals surface area contributed by atoms with Gasteiger partial charge < -0.3 is 27.1 Å². The summed E-state index contributed by atoms with van der Waals surface area (Å²) in [6.07, 6.45) is 4.95. The summed E-state index contributed by atoms with van der Waals surface area (Å²) in [5.74, 6) is -0.569. The lowest BCUT2D eigenvalue weighted by Gasteiger charge is -2.21. The zero-order valence-electron chi connectivity index (χ0n) is 26.0. The Kier molecular flexibility index (Phi) is 10.5. The molecule has 0 bridgehead atoms. The number of hydrogen-bond acceptors (Lipinski definition) is 5. The van der Waals surface area contributed by atoms with Crippen LogP contribution in [0.1, 0.15) is 54.5 Å². The van der Waals surface area contributed by atoms with E-state index in [1.165, 1.54) is 10.1 Å². The van der Waals surface area contributed by atoms with Crippen molar-refractivity contribution in [1.82, 2.24) is 25.2 Å². The van der Waals surface area contributed by atoms with Gasteiger partial charge in [0.15, 0.2) is 11.8 Å². The fourth-order valence-electron chi connectivity index (χ4n) is 5.51. The molecule has 3 aromatic carbocycles. The molecule has 2 heterocycles. The van der Waals surface area contributed by atoms with E-state index in [-0.39, 0.29) is 23.1 Å². The summed E-state index contributed by atoms with van der Waals surface area (Å²) in [6.45, 7) is 5.32. The highest BCUT2D eigenvalue weighted by molar-refractivity contribution is 6.31. The van der Waals surface area contributed by atoms with Crippen LogP contribution in [0.4, 0.5) is 4.39 Å². The van der Waals surface area contributed by atoms with E-state index in [1.54, 1.807) is 24.4 Å². The van der Waals surface area contributed by atoms with Crippen LogP contribution in [-0.2, 0) is 6.42 Å². The van der Waals surface area contributed by atoms with Crippen molar-refractivity contribution in [2.75, 3.05) is 13.1 Å². The predicted molar refractivity (Wildman–Crippen MR) is 184 cm³/mol. The van der Waals surface area contributed by atoms with Crippen molar-refractivity contribution in [3.05, 3.63) is 117 Å². The maximum absolute atomic E-state index is 15.2. The van der Waals surface area contributed by atoms with E-state index in [2.05, 4.69) is 51.8 Å². The molecule has 2 aromatic heterocycles. The third-order valence-corrected chi connectivity index (χ3v) is 8.22. The number of nitrogens with one attached hydrogen (secondary N) is 4. The predicted octanol–water partition coefficient (Wildman–Crippen LogP) is 5.70. The van der Waals surface area contributed by atoms with Crippen LogP contribution >= 0.6 is 11.6 Å². The molecule has 5 rings (SSSR count). The number of fused-ring (bicyclic) bond motifs is 1. The summed E-state index contributed by atoms with van der Waals surface area (Å²) in [7, 11) is 0. The van der Waals surface area contributed by atoms with Crippen LogP contribution in [0.25, 0.3) is 28.0 Å². The second kappa shape index (κ2) is 14.7. The highest BCUT2D eigenvalue weighted by Gasteiger charge is 2.17. The number of benzene rings is 3. The minimum Gasteiger partial charge on any atom is -0.370 e. The molecule has 0 spiro atoms. The lowest BCUT2D eigenvalue weighted by molar-refractivity contribution is 0.579. The summed E-state index contributed by atoms with van der Waals surface area (Å²) in [5.41, 5.74) is 16.9. The van der Waals surface area contributed by atoms with Crippen LogP contribution in [0.15, 0.2) is 77.7 Å². The van der Waals surface area contributed by atoms with Crippen LogP contribution in [-0.4, -0.2) is 39.6 Å². The minimum absolute atomic E-state index is 0.0426. The molecule has 2 atom stereocenters. The molecule has 0 amide bonds. The Balaban J connectivity index is 1.40. The Morgan fingerprint density at radius 2 is 1.76 bits per heavy atom. The van der Waals surface area contributed by atoms with Crippen molar-refractivity contribution >= 4 is 28.6 Å². The first-order valence-corrected chi connectivity index (χ1v) is 15.8. The minimum atomic E-state index is -0.526. The average Bonchev–Trinajstić information content (AvgIpc) is 3.43. The quantitative estimate of drug-likeness (QED) is 0.0551. The number of aromatic amines is 1. The van der Waals surface area contributed by atoms with Gasteiger partial charge in [-0.05, 0) is 93.1 Å². The summed E-state index contributed by atoms with van der Waals surface area (Å²) < 4.78 is 16.7. The second-order valence-electron chi connectivity index (χ2n) is 11.8. The standard InChI is InChI=1S/C35H40ClFN8O/c1-21-7-9-24(10-8-21)32(41-15-4-16-42-34(39)40)25-11-13-27(14-12-25)45-20-26-19-30(43-33(26)44-35(45)46)28-17-23(6-3-5-22(2)38)18-29(36)31(28)37/h7-14,17-20,22,32,41H,3-6,15-16,38H2,1-2H3,(H4,39,40,42)(H,43,44,46)/t22-,32-/m0/s1. The highest BCUT2D eigenvalue weighted by Crippen LogP contribution is 2.31. The van der Waals surface area contributed by atoms with Crippen LogP contribution in [0.3, 0.4) is 0 Å². The molecule has 8 N–H and O–H groups in total. The highest BCUT2D eigenvalue weighted by atomic mass is 35.5. The van der Waals surface area contributed by atoms with Crippen LogP contribution in [0.2, 0.25) is 5.02 Å². The van der Waals surface area contributed by atoms with Crippen molar-refractivity contribution in [3.8, 4) is 16.9 Å². The van der Waals surface area contributed by atoms with Gasteiger partial charge in [-0.1, -0.05) is 53.6 Å². The molecule has 0 aliphatic carbocycles. The molecule has 0 saturated heterocycles. The first-order chi connectivity index (χ1) is 22.1. The van der Waals surface area contributed by atoms with Crippen molar-refractivity contribution in [3.63, 3.8) is 0 Å². The Morgan fingerprint density at radius 1 is 1.07 bits per heavy atom. The van der Waals surface area contributed by atoms with Gasteiger partial charge in [0.05, 0.1) is 22.4 Å². The monoisotopic (exact) mass is 642 g/mol. The lowest BCUT2D eigenvalue weighted by Crippen LogP contribution is -2.33. The van der Waals surface area contributed by atoms with E-state index in [0.717, 1.165) is 42.4 Å². The van der Waals surface area contributed by atoms with Crippen LogP contribution in [0.5, 0.6) is 0 Å². The van der Waals surface area contributed by atoms with Crippen LogP contribution < -0.4 is 27.8 Å². The fraction of sp³-hybridized carbons (Fsp3) is 0.286. The number of hydrogen-bond donors (Lipinski definition) is 6. The third kappa shape index (κ3) is 8.00. The molecule has 0 aliphatic heterocycles. The van der Waals surface area contributed by atoms with Crippen molar-refractivity contribution in [2.45, 2.75) is 51.6 Å². The molecule has 5 aromatic rings. The van der Waals surface area contributed by atoms with Crippen LogP contribution in [0, 0.1) is 18.2 Å². The number of H-pyrrole nitrogens is 1. The molecular weight excluding hydrogens is 603 g/mol. The van der Waals surface area contributed by atoms with Crippen molar-refractivity contribution < 1.29 is 4.39 Å². The number of rotatable bonds is 13. The Morgan fingerprint density at radius 3 is 2.43 bits per heavy atom. The molecule has 0 fully saturated rings. The van der Waals surface area contributed by atoms with E-state index in [4.69, 9.17) is 28.5 Å². The number of nitrogens with zero attached hydrogens (tertiary/aromatic N) is 2. The molecule has 46 heavy (non-hydrogen) atoms. The fourth-order valence-corrected chi connectivity index (χ4v) is 5.75. The maximum atomic E-state index is 15.2. The third-order valence-electron chi connectivity index (χ3n) is 7.94. The van der Waals surface area contributed by atoms with Gasteiger partial charge in [-0.25, -0.2) is 9.18 Å². The molecule has 11 heteroatoms. The Bertz CT molecular complexity index is 1870. The number of aryl methyl sites for hydroxylation is 2. The molecule has 0 radical (unpaired) electrons. The SMILES string of the molecule is Cc1ccc([C@H](NCCCNC(=N)N)c2ccc(-n3cc4cc(-c5cc(CCC[C@H](C)N)cc(Cl)c5F)[nH]c4nc3=O)cc2)cc1. The molecule has 0 unspecified atom stereocenters. The van der Waals surface area contributed by atoms with Gasteiger partial charge in [0.2, 0.25) is 0 Å². The van der Waals surface area contributed by atoms with E-state index >= 15 is 4.39 Å². The summed E-state index contributed by atoms with van der Waals surface area (Å²) in [5, 5.41) is 14.5. The van der Waals surface area contributed by atoms with Crippen molar-refractivity contribution in [1.29, 1.82) is 5.41 Å². The van der Waals surface area contributed by atoms with E-state index in [1.807, 2.05) is 31.2 Å². The molecule has 9 nitrogen and oxygen atoms in total. The zero-order valence-corrected chi connectivity index (χ0v) is 26.8. The van der Waals surface area contributed by atoms with Gasteiger partial charge in [-0.3, -0.25) is 9.98 Å². The second-order valence-corrected chi connectivity index (χ2v) is 12.2. The Labute approximate surface area is 272 Å². The summed E-state index contributed by atoms with van der Waals surface area (Å²) >= 11 is 6.27. The van der Waals surface area contributed by atoms with E-state index in [9.17, 15) is 4.79 Å². The van der Waals surface area contributed by atoms with Gasteiger partial charge in [0.1, 0.15) is 5.65 Å². The van der Waals surface area contributed by atoms with Gasteiger partial charge in [0.25, 0.3) is 0 Å². The molecular formula is C35H40ClFN8O. The molecule has 0 saturated carbocycles. The number of guanidine groups is 1. The number of aromatic nitrogens is 3. The topological polar surface area (TPSA) is 151 Å². The molecule has 240 valence electrons. The van der Waals surface area contributed by atoms with Gasteiger partial charge >= 0.3 is 5.69 Å². The summed E-state index contributed by atoms with van der Waals surface area (Å²) in [6, 6.07) is 21.4. The van der Waals surface area contributed by atoms with Crippen molar-refractivity contribution in [2.24, 2.45) is 11.5 Å². The van der Waals surface area contributed by atoms with Gasteiger partial charge in [0, 0.05) is 29.7 Å². The Hall–Kier alpha value is -4.51. The number of nitrogens with two attached hydrogens (primary N) is 2. The number of halogens is 2. The average molecular weight is 643 g/mol. The maximum Gasteiger partial charge on any atom is 0.354 e. The normalized spacial score (nSPS) is 12.7. The zero-order chi connectivity index (χ0) is 32.8. The van der Waals surface area contributed by atoms with Gasteiger partial charge in [-0.2, -0.15) is 4.98 Å². The van der Waals surface area contributed by atoms with Gasteiger partial charge in [-0.15, -0.1) is 0 Å². The first kappa shape index (κ1) is 32.9. The smallest absolute Gasteiger partial charge is 0.354 e. The van der Waals surface area contributed by atoms with E-state index < -0.39 is 11.5 Å².